The van der Waals surface area contributed by atoms with Crippen molar-refractivity contribution >= 4 is 21.7 Å². The molecule has 0 amide bonds. The van der Waals surface area contributed by atoms with Gasteiger partial charge in [0.1, 0.15) is 0 Å². The Balaban J connectivity index is 2.30. The van der Waals surface area contributed by atoms with E-state index in [0.29, 0.717) is 11.1 Å². The summed E-state index contributed by atoms with van der Waals surface area (Å²) in [5.74, 6) is 0.00718. The number of Topliss-reactive ketones (excluding diaryl/α,β-unsaturated/α-hetero) is 1. The number of rotatable bonds is 2. The van der Waals surface area contributed by atoms with Crippen molar-refractivity contribution in [3.8, 4) is 0 Å². The molecule has 1 aliphatic rings. The van der Waals surface area contributed by atoms with Crippen LogP contribution in [0.15, 0.2) is 64.0 Å². The standard InChI is InChI=1S/C13H7BrO/c14-12-8-6-11(7-9-12)13(15)10-4-2-1-3-5-10/h2,4-9H. The molecule has 0 saturated heterocycles. The molecule has 0 unspecified atom stereocenters. The molecule has 0 spiro atoms. The molecule has 1 aromatic rings. The number of allylic oxidation sites excluding steroid dienone is 4. The van der Waals surface area contributed by atoms with Crippen molar-refractivity contribution in [3.63, 3.8) is 0 Å². The van der Waals surface area contributed by atoms with Gasteiger partial charge in [-0.15, -0.1) is 0 Å². The van der Waals surface area contributed by atoms with Crippen LogP contribution in [0.4, 0.5) is 0 Å². The van der Waals surface area contributed by atoms with Gasteiger partial charge in [-0.1, -0.05) is 27.4 Å². The highest BCUT2D eigenvalue weighted by Crippen LogP contribution is 2.15. The Morgan fingerprint density at radius 3 is 2.47 bits per heavy atom. The van der Waals surface area contributed by atoms with Gasteiger partial charge < -0.3 is 0 Å². The van der Waals surface area contributed by atoms with Gasteiger partial charge in [0.2, 0.25) is 0 Å². The van der Waals surface area contributed by atoms with E-state index in [1.165, 1.54) is 0 Å². The lowest BCUT2D eigenvalue weighted by Crippen LogP contribution is -2.01. The minimum Gasteiger partial charge on any atom is -0.289 e. The molecule has 1 nitrogen and oxygen atoms in total. The molecule has 0 fully saturated rings. The van der Waals surface area contributed by atoms with E-state index in [4.69, 9.17) is 0 Å². The van der Waals surface area contributed by atoms with Crippen LogP contribution in [0.2, 0.25) is 0 Å². The van der Waals surface area contributed by atoms with Crippen molar-refractivity contribution in [2.45, 2.75) is 0 Å². The van der Waals surface area contributed by atoms with E-state index in [-0.39, 0.29) is 5.78 Å². The highest BCUT2D eigenvalue weighted by molar-refractivity contribution is 9.10. The molecular formula is C13H7BrO. The van der Waals surface area contributed by atoms with Gasteiger partial charge in [0.05, 0.1) is 0 Å². The Kier molecular flexibility index (Phi) is 2.84. The average molecular weight is 259 g/mol. The van der Waals surface area contributed by atoms with E-state index in [1.807, 2.05) is 12.1 Å². The molecule has 0 N–H and O–H groups in total. The fourth-order valence-electron chi connectivity index (χ4n) is 1.26. The second-order valence-corrected chi connectivity index (χ2v) is 3.97. The van der Waals surface area contributed by atoms with Crippen LogP contribution in [0.3, 0.4) is 0 Å². The number of carbonyl (C=O) groups is 1. The Morgan fingerprint density at radius 1 is 1.13 bits per heavy atom. The van der Waals surface area contributed by atoms with E-state index < -0.39 is 0 Å². The summed E-state index contributed by atoms with van der Waals surface area (Å²) in [5, 5.41) is 0. The zero-order chi connectivity index (χ0) is 10.7. The summed E-state index contributed by atoms with van der Waals surface area (Å²) in [7, 11) is 0. The van der Waals surface area contributed by atoms with Crippen LogP contribution in [0.25, 0.3) is 0 Å². The fraction of sp³-hybridized carbons (Fsp3) is 0. The smallest absolute Gasteiger partial charge is 0.193 e. The zero-order valence-corrected chi connectivity index (χ0v) is 9.41. The van der Waals surface area contributed by atoms with Crippen LogP contribution >= 0.6 is 15.9 Å². The van der Waals surface area contributed by atoms with Gasteiger partial charge in [-0.25, -0.2) is 0 Å². The van der Waals surface area contributed by atoms with Gasteiger partial charge in [0, 0.05) is 15.6 Å². The van der Waals surface area contributed by atoms with Crippen LogP contribution in [0.5, 0.6) is 0 Å². The first kappa shape index (κ1) is 9.95. The van der Waals surface area contributed by atoms with Crippen LogP contribution in [0.1, 0.15) is 10.4 Å². The lowest BCUT2D eigenvalue weighted by Gasteiger charge is -2.01. The first-order chi connectivity index (χ1) is 7.27. The highest BCUT2D eigenvalue weighted by atomic mass is 79.9. The van der Waals surface area contributed by atoms with Crippen molar-refractivity contribution in [1.29, 1.82) is 0 Å². The van der Waals surface area contributed by atoms with Gasteiger partial charge in [0.15, 0.2) is 5.78 Å². The summed E-state index contributed by atoms with van der Waals surface area (Å²) in [6, 6.07) is 7.30. The third-order valence-electron chi connectivity index (χ3n) is 2.03. The molecule has 0 heterocycles. The molecule has 2 rings (SSSR count). The molecule has 15 heavy (non-hydrogen) atoms. The molecule has 0 aliphatic heterocycles. The quantitative estimate of drug-likeness (QED) is 0.587. The minimum absolute atomic E-state index is 0.00718. The molecule has 1 aromatic carbocycles. The fourth-order valence-corrected chi connectivity index (χ4v) is 1.52. The maximum absolute atomic E-state index is 11.9. The van der Waals surface area contributed by atoms with Gasteiger partial charge in [-0.3, -0.25) is 4.79 Å². The summed E-state index contributed by atoms with van der Waals surface area (Å²) in [6.45, 7) is 0. The maximum atomic E-state index is 11.9. The number of hydrogen-bond acceptors (Lipinski definition) is 1. The molecule has 0 atom stereocenters. The van der Waals surface area contributed by atoms with Crippen molar-refractivity contribution < 1.29 is 4.79 Å². The Labute approximate surface area is 96.3 Å². The summed E-state index contributed by atoms with van der Waals surface area (Å²) >= 11 is 3.33. The maximum Gasteiger partial charge on any atom is 0.193 e. The molecule has 0 radical (unpaired) electrons. The van der Waals surface area contributed by atoms with E-state index in [9.17, 15) is 4.79 Å². The number of halogens is 1. The lowest BCUT2D eigenvalue weighted by molar-refractivity contribution is 0.103. The van der Waals surface area contributed by atoms with Crippen molar-refractivity contribution in [3.05, 3.63) is 69.6 Å². The lowest BCUT2D eigenvalue weighted by atomic mass is 10.0. The van der Waals surface area contributed by atoms with Gasteiger partial charge in [-0.2, -0.15) is 0 Å². The average Bonchev–Trinajstić information content (AvgIpc) is 2.30. The molecule has 0 saturated carbocycles. The summed E-state index contributed by atoms with van der Waals surface area (Å²) in [5.41, 5.74) is 6.85. The third-order valence-corrected chi connectivity index (χ3v) is 2.55. The minimum atomic E-state index is 0.00718. The predicted octanol–water partition coefficient (Wildman–Crippen LogP) is 3.44. The molecular weight excluding hydrogens is 252 g/mol. The third kappa shape index (κ3) is 2.26. The molecule has 0 bridgehead atoms. The SMILES string of the molecule is O=C(C1=CC=C=C=C1)c1ccc(Br)cc1. The van der Waals surface area contributed by atoms with Crippen LogP contribution in [0, 0.1) is 0 Å². The van der Waals surface area contributed by atoms with E-state index >= 15 is 0 Å². The first-order valence-electron chi connectivity index (χ1n) is 4.45. The van der Waals surface area contributed by atoms with Crippen molar-refractivity contribution in [1.82, 2.24) is 0 Å². The largest absolute Gasteiger partial charge is 0.289 e. The second kappa shape index (κ2) is 4.29. The highest BCUT2D eigenvalue weighted by Gasteiger charge is 2.09. The normalized spacial score (nSPS) is 12.7. The molecule has 72 valence electrons. The number of carbonyl (C=O) groups excluding carboxylic acids is 1. The Morgan fingerprint density at radius 2 is 1.87 bits per heavy atom. The zero-order valence-electron chi connectivity index (χ0n) is 7.83. The number of benzene rings is 1. The van der Waals surface area contributed by atoms with Crippen LogP contribution in [-0.2, 0) is 0 Å². The van der Waals surface area contributed by atoms with Crippen molar-refractivity contribution in [2.24, 2.45) is 0 Å². The van der Waals surface area contributed by atoms with E-state index in [0.717, 1.165) is 4.47 Å². The predicted molar refractivity (Wildman–Crippen MR) is 62.7 cm³/mol. The Bertz CT molecular complexity index is 522. The first-order valence-corrected chi connectivity index (χ1v) is 5.25. The summed E-state index contributed by atoms with van der Waals surface area (Å²) < 4.78 is 0.965. The van der Waals surface area contributed by atoms with Gasteiger partial charge in [0.25, 0.3) is 0 Å². The topological polar surface area (TPSA) is 17.1 Å². The number of ketones is 1. The van der Waals surface area contributed by atoms with Gasteiger partial charge in [-0.05, 0) is 42.5 Å². The van der Waals surface area contributed by atoms with Gasteiger partial charge >= 0.3 is 0 Å². The molecule has 0 aromatic heterocycles. The van der Waals surface area contributed by atoms with Crippen LogP contribution < -0.4 is 0 Å². The van der Waals surface area contributed by atoms with Crippen LogP contribution in [-0.4, -0.2) is 5.78 Å². The van der Waals surface area contributed by atoms with Crippen molar-refractivity contribution in [2.75, 3.05) is 0 Å². The van der Waals surface area contributed by atoms with E-state index in [2.05, 4.69) is 27.4 Å². The summed E-state index contributed by atoms with van der Waals surface area (Å²) in [4.78, 5) is 11.9. The molecule has 2 heteroatoms. The van der Waals surface area contributed by atoms with E-state index in [1.54, 1.807) is 30.4 Å². The second-order valence-electron chi connectivity index (χ2n) is 3.06. The monoisotopic (exact) mass is 258 g/mol. The Hall–Kier alpha value is -1.59. The molecule has 1 aliphatic carbocycles. The summed E-state index contributed by atoms with van der Waals surface area (Å²) in [6.07, 6.45) is 5.07. The number of hydrogen-bond donors (Lipinski definition) is 0.